The summed E-state index contributed by atoms with van der Waals surface area (Å²) in [6.45, 7) is 13.5. The first-order valence-corrected chi connectivity index (χ1v) is 11.7. The van der Waals surface area contributed by atoms with Gasteiger partial charge in [0, 0.05) is 0 Å². The van der Waals surface area contributed by atoms with E-state index in [0.29, 0.717) is 0 Å². The van der Waals surface area contributed by atoms with Gasteiger partial charge in [0.15, 0.2) is 0 Å². The maximum absolute atomic E-state index is 2.26. The summed E-state index contributed by atoms with van der Waals surface area (Å²) in [7, 11) is 0. The third-order valence-electron chi connectivity index (χ3n) is 4.37. The molecule has 150 valence electrons. The molecule has 0 saturated heterocycles. The third-order valence-corrected chi connectivity index (χ3v) is 4.37. The molecule has 0 amide bonds. The first-order valence-electron chi connectivity index (χ1n) is 11.7. The van der Waals surface area contributed by atoms with Crippen molar-refractivity contribution in [3.8, 4) is 0 Å². The van der Waals surface area contributed by atoms with E-state index < -0.39 is 0 Å². The Morgan fingerprint density at radius 2 is 0.333 bits per heavy atom. The maximum atomic E-state index is 2.26. The second-order valence-corrected chi connectivity index (χ2v) is 7.24. The van der Waals surface area contributed by atoms with E-state index in [4.69, 9.17) is 0 Å². The summed E-state index contributed by atoms with van der Waals surface area (Å²) in [4.78, 5) is 0. The molecule has 0 aliphatic heterocycles. The van der Waals surface area contributed by atoms with Crippen LogP contribution in [0.3, 0.4) is 0 Å². The smallest absolute Gasteiger partial charge is 0.0533 e. The zero-order chi connectivity index (χ0) is 18.7. The van der Waals surface area contributed by atoms with Crippen molar-refractivity contribution in [1.29, 1.82) is 0 Å². The third kappa shape index (κ3) is 43.1. The van der Waals surface area contributed by atoms with Crippen LogP contribution in [0.25, 0.3) is 0 Å². The Morgan fingerprint density at radius 3 is 0.417 bits per heavy atom. The van der Waals surface area contributed by atoms with Gasteiger partial charge < -0.3 is 0 Å². The van der Waals surface area contributed by atoms with Crippen LogP contribution in [0.4, 0.5) is 0 Å². The van der Waals surface area contributed by atoms with Gasteiger partial charge in [0.25, 0.3) is 0 Å². The van der Waals surface area contributed by atoms with Gasteiger partial charge >= 0.3 is 0 Å². The van der Waals surface area contributed by atoms with E-state index in [2.05, 4.69) is 41.5 Å². The van der Waals surface area contributed by atoms with Gasteiger partial charge in [-0.05, 0) is 0 Å². The van der Waals surface area contributed by atoms with E-state index in [1.165, 1.54) is 116 Å². The summed E-state index contributed by atoms with van der Waals surface area (Å²) < 4.78 is 0. The molecule has 0 unspecified atom stereocenters. The van der Waals surface area contributed by atoms with E-state index in [-0.39, 0.29) is 0 Å². The van der Waals surface area contributed by atoms with Crippen molar-refractivity contribution in [2.45, 2.75) is 157 Å². The van der Waals surface area contributed by atoms with E-state index >= 15 is 0 Å². The minimum Gasteiger partial charge on any atom is -0.0654 e. The second-order valence-electron chi connectivity index (χ2n) is 7.24. The molecule has 0 heteroatoms. The first-order chi connectivity index (χ1) is 11.7. The van der Waals surface area contributed by atoms with Gasteiger partial charge in [-0.25, -0.2) is 0 Å². The molecule has 0 saturated carbocycles. The van der Waals surface area contributed by atoms with Crippen LogP contribution in [0.15, 0.2) is 0 Å². The van der Waals surface area contributed by atoms with Crippen LogP contribution >= 0.6 is 0 Å². The lowest BCUT2D eigenvalue weighted by Gasteiger charge is -1.93. The van der Waals surface area contributed by atoms with Gasteiger partial charge in [0.2, 0.25) is 0 Å². The zero-order valence-corrected chi connectivity index (χ0v) is 18.7. The lowest BCUT2D eigenvalue weighted by molar-refractivity contribution is 0.624. The van der Waals surface area contributed by atoms with E-state index in [9.17, 15) is 0 Å². The highest BCUT2D eigenvalue weighted by Gasteiger charge is 1.84. The highest BCUT2D eigenvalue weighted by Crippen LogP contribution is 2.04. The number of hydrogen-bond acceptors (Lipinski definition) is 0. The Kier molecular flexibility index (Phi) is 41.2. The Hall–Kier alpha value is 0. The van der Waals surface area contributed by atoms with E-state index in [1.54, 1.807) is 0 Å². The van der Waals surface area contributed by atoms with Gasteiger partial charge in [-0.1, -0.05) is 157 Å². The molecular weight excluding hydrogens is 288 g/mol. The van der Waals surface area contributed by atoms with Crippen molar-refractivity contribution in [2.75, 3.05) is 0 Å². The molecule has 0 aliphatic rings. The zero-order valence-electron chi connectivity index (χ0n) is 18.7. The molecule has 0 N–H and O–H groups in total. The molecule has 0 heterocycles. The minimum atomic E-state index is 1.36. The Bertz CT molecular complexity index is 104. The second kappa shape index (κ2) is 34.4. The molecular formula is C24H54. The SMILES string of the molecule is CCCCCCCC.CCCCCCCC.CCCCCCCC. The highest BCUT2D eigenvalue weighted by atomic mass is 13.9. The highest BCUT2D eigenvalue weighted by molar-refractivity contribution is 4.40. The van der Waals surface area contributed by atoms with Crippen molar-refractivity contribution < 1.29 is 0 Å². The lowest BCUT2D eigenvalue weighted by Crippen LogP contribution is -1.73. The van der Waals surface area contributed by atoms with Gasteiger partial charge in [-0.3, -0.25) is 0 Å². The van der Waals surface area contributed by atoms with Crippen molar-refractivity contribution in [2.24, 2.45) is 0 Å². The number of rotatable bonds is 15. The minimum absolute atomic E-state index is 1.36. The van der Waals surface area contributed by atoms with Crippen molar-refractivity contribution in [3.63, 3.8) is 0 Å². The van der Waals surface area contributed by atoms with Gasteiger partial charge in [-0.2, -0.15) is 0 Å². The maximum Gasteiger partial charge on any atom is -0.0533 e. The molecule has 24 heavy (non-hydrogen) atoms. The first kappa shape index (κ1) is 28.8. The molecule has 0 bridgehead atoms. The van der Waals surface area contributed by atoms with Crippen molar-refractivity contribution >= 4 is 0 Å². The number of hydrogen-bond donors (Lipinski definition) is 0. The standard InChI is InChI=1S/3C8H18/c3*1-3-5-7-8-6-4-2/h3*3-8H2,1-2H3. The molecule has 0 radical (unpaired) electrons. The molecule has 0 aromatic rings. The van der Waals surface area contributed by atoms with Crippen molar-refractivity contribution in [3.05, 3.63) is 0 Å². The summed E-state index contributed by atoms with van der Waals surface area (Å²) in [6, 6.07) is 0. The van der Waals surface area contributed by atoms with Gasteiger partial charge in [0.05, 0.1) is 0 Å². The lowest BCUT2D eigenvalue weighted by atomic mass is 10.1. The van der Waals surface area contributed by atoms with Crippen LogP contribution in [0.5, 0.6) is 0 Å². The van der Waals surface area contributed by atoms with Gasteiger partial charge in [0.1, 0.15) is 0 Å². The molecule has 0 atom stereocenters. The monoisotopic (exact) mass is 342 g/mol. The summed E-state index contributed by atoms with van der Waals surface area (Å²) in [5.41, 5.74) is 0. The molecule has 0 nitrogen and oxygen atoms in total. The average Bonchev–Trinajstić information content (AvgIpc) is 2.61. The topological polar surface area (TPSA) is 0 Å². The average molecular weight is 343 g/mol. The molecule has 0 rings (SSSR count). The predicted octanol–water partition coefficient (Wildman–Crippen LogP) is 10.1. The summed E-state index contributed by atoms with van der Waals surface area (Å²) in [5.74, 6) is 0. The fourth-order valence-electron chi connectivity index (χ4n) is 2.56. The molecule has 0 aromatic heterocycles. The van der Waals surface area contributed by atoms with Crippen LogP contribution in [0, 0.1) is 0 Å². The summed E-state index contributed by atoms with van der Waals surface area (Å²) in [5, 5.41) is 0. The van der Waals surface area contributed by atoms with E-state index in [1.807, 2.05) is 0 Å². The van der Waals surface area contributed by atoms with E-state index in [0.717, 1.165) is 0 Å². The molecule has 0 aliphatic carbocycles. The number of unbranched alkanes of at least 4 members (excludes halogenated alkanes) is 15. The fourth-order valence-corrected chi connectivity index (χ4v) is 2.56. The molecule has 0 aromatic carbocycles. The van der Waals surface area contributed by atoms with Gasteiger partial charge in [-0.15, -0.1) is 0 Å². The largest absolute Gasteiger partial charge is 0.0654 e. The fraction of sp³-hybridized carbons (Fsp3) is 1.00. The summed E-state index contributed by atoms with van der Waals surface area (Å²) in [6.07, 6.45) is 25.5. The normalized spacial score (nSPS) is 9.75. The van der Waals surface area contributed by atoms with Crippen LogP contribution in [-0.4, -0.2) is 0 Å². The predicted molar refractivity (Wildman–Crippen MR) is 117 cm³/mol. The van der Waals surface area contributed by atoms with Crippen molar-refractivity contribution in [1.82, 2.24) is 0 Å². The quantitative estimate of drug-likeness (QED) is 0.260. The Labute approximate surface area is 157 Å². The van der Waals surface area contributed by atoms with Crippen LogP contribution in [0.1, 0.15) is 157 Å². The molecule has 0 fully saturated rings. The molecule has 0 spiro atoms. The Balaban J connectivity index is -0.000000276. The van der Waals surface area contributed by atoms with Crippen LogP contribution in [-0.2, 0) is 0 Å². The Morgan fingerprint density at radius 1 is 0.208 bits per heavy atom. The van der Waals surface area contributed by atoms with Crippen LogP contribution < -0.4 is 0 Å². The van der Waals surface area contributed by atoms with Crippen LogP contribution in [0.2, 0.25) is 0 Å². The summed E-state index contributed by atoms with van der Waals surface area (Å²) >= 11 is 0.